The number of hydrogen-bond acceptors (Lipinski definition) is 3. The predicted octanol–water partition coefficient (Wildman–Crippen LogP) is 2.18. The summed E-state index contributed by atoms with van der Waals surface area (Å²) in [6.45, 7) is 6.08. The summed E-state index contributed by atoms with van der Waals surface area (Å²) >= 11 is 0. The van der Waals surface area contributed by atoms with Crippen molar-refractivity contribution in [3.05, 3.63) is 22.8 Å². The van der Waals surface area contributed by atoms with Crippen LogP contribution in [0.4, 0.5) is 0 Å². The van der Waals surface area contributed by atoms with Crippen LogP contribution in [0.25, 0.3) is 0 Å². The van der Waals surface area contributed by atoms with E-state index in [0.717, 1.165) is 55.6 Å². The van der Waals surface area contributed by atoms with Crippen LogP contribution in [0, 0.1) is 0 Å². The van der Waals surface area contributed by atoms with Gasteiger partial charge in [-0.1, -0.05) is 13.8 Å². The van der Waals surface area contributed by atoms with Gasteiger partial charge in [0.2, 0.25) is 0 Å². The second-order valence-corrected chi connectivity index (χ2v) is 5.44. The average molecular weight is 247 g/mol. The zero-order valence-electron chi connectivity index (χ0n) is 11.2. The smallest absolute Gasteiger partial charge is 0.134 e. The minimum Gasteiger partial charge on any atom is -0.507 e. The van der Waals surface area contributed by atoms with E-state index < -0.39 is 0 Å². The number of hydrogen-bond donors (Lipinski definition) is 2. The molecule has 0 atom stereocenters. The van der Waals surface area contributed by atoms with Gasteiger partial charge >= 0.3 is 0 Å². The maximum atomic E-state index is 10.3. The molecule has 0 unspecified atom stereocenters. The standard InChI is InChI=1S/C15H21NO2/c1-3-10-7-13-12(11(4-2)14(10)17)5-6-15(18-13)8-16-9-15/h7,16-17H,3-6,8-9H2,1-2H3. The number of rotatable bonds is 2. The summed E-state index contributed by atoms with van der Waals surface area (Å²) in [5, 5.41) is 13.6. The Bertz CT molecular complexity index is 478. The molecule has 3 nitrogen and oxygen atoms in total. The lowest BCUT2D eigenvalue weighted by molar-refractivity contribution is -0.00269. The Morgan fingerprint density at radius 2 is 2.11 bits per heavy atom. The molecule has 3 heteroatoms. The van der Waals surface area contributed by atoms with E-state index >= 15 is 0 Å². The van der Waals surface area contributed by atoms with Crippen LogP contribution in [0.2, 0.25) is 0 Å². The van der Waals surface area contributed by atoms with Crippen LogP contribution in [0.3, 0.4) is 0 Å². The van der Waals surface area contributed by atoms with Crippen LogP contribution < -0.4 is 10.1 Å². The van der Waals surface area contributed by atoms with Crippen LogP contribution in [-0.4, -0.2) is 23.8 Å². The first-order valence-electron chi connectivity index (χ1n) is 6.95. The van der Waals surface area contributed by atoms with Crippen molar-refractivity contribution in [3.63, 3.8) is 0 Å². The summed E-state index contributed by atoms with van der Waals surface area (Å²) in [5.74, 6) is 1.50. The third kappa shape index (κ3) is 1.61. The number of phenols is 1. The fourth-order valence-corrected chi connectivity index (χ4v) is 3.10. The lowest BCUT2D eigenvalue weighted by atomic mass is 9.83. The first-order chi connectivity index (χ1) is 8.69. The summed E-state index contributed by atoms with van der Waals surface area (Å²) in [4.78, 5) is 0. The SMILES string of the molecule is CCc1cc2c(c(CC)c1O)CCC1(CNC1)O2. The Kier molecular flexibility index (Phi) is 2.74. The Morgan fingerprint density at radius 3 is 2.67 bits per heavy atom. The molecule has 1 fully saturated rings. The molecule has 0 aliphatic carbocycles. The van der Waals surface area contributed by atoms with Gasteiger partial charge in [-0.25, -0.2) is 0 Å². The fraction of sp³-hybridized carbons (Fsp3) is 0.600. The summed E-state index contributed by atoms with van der Waals surface area (Å²) in [7, 11) is 0. The van der Waals surface area contributed by atoms with Crippen LogP contribution in [0.1, 0.15) is 37.0 Å². The van der Waals surface area contributed by atoms with Crippen LogP contribution in [0.15, 0.2) is 6.07 Å². The average Bonchev–Trinajstić information content (AvgIpc) is 2.35. The monoisotopic (exact) mass is 247 g/mol. The topological polar surface area (TPSA) is 41.5 Å². The third-order valence-corrected chi connectivity index (χ3v) is 4.34. The molecule has 1 aromatic carbocycles. The molecular weight excluding hydrogens is 226 g/mol. The van der Waals surface area contributed by atoms with Crippen molar-refractivity contribution in [2.24, 2.45) is 0 Å². The molecule has 0 amide bonds. The van der Waals surface area contributed by atoms with E-state index in [-0.39, 0.29) is 5.60 Å². The number of nitrogens with one attached hydrogen (secondary N) is 1. The minimum absolute atomic E-state index is 0.0278. The van der Waals surface area contributed by atoms with Crippen molar-refractivity contribution in [1.29, 1.82) is 0 Å². The summed E-state index contributed by atoms with van der Waals surface area (Å²) < 4.78 is 6.22. The Morgan fingerprint density at radius 1 is 1.33 bits per heavy atom. The molecule has 2 heterocycles. The molecule has 0 radical (unpaired) electrons. The fourth-order valence-electron chi connectivity index (χ4n) is 3.10. The number of ether oxygens (including phenoxy) is 1. The summed E-state index contributed by atoms with van der Waals surface area (Å²) in [6, 6.07) is 2.04. The van der Waals surface area contributed by atoms with Crippen LogP contribution in [-0.2, 0) is 19.3 Å². The Hall–Kier alpha value is -1.22. The molecule has 0 bridgehead atoms. The zero-order chi connectivity index (χ0) is 12.8. The molecule has 2 aliphatic heterocycles. The molecule has 0 aromatic heterocycles. The van der Waals surface area contributed by atoms with E-state index in [1.165, 1.54) is 5.56 Å². The molecule has 1 saturated heterocycles. The van der Waals surface area contributed by atoms with Gasteiger partial charge in [-0.2, -0.15) is 0 Å². The van der Waals surface area contributed by atoms with Gasteiger partial charge in [-0.15, -0.1) is 0 Å². The van der Waals surface area contributed by atoms with Gasteiger partial charge < -0.3 is 15.2 Å². The van der Waals surface area contributed by atoms with E-state index in [4.69, 9.17) is 4.74 Å². The number of aryl methyl sites for hydroxylation is 1. The Balaban J connectivity index is 2.06. The normalized spacial score (nSPS) is 20.1. The van der Waals surface area contributed by atoms with Crippen molar-refractivity contribution in [3.8, 4) is 11.5 Å². The van der Waals surface area contributed by atoms with Gasteiger partial charge in [-0.3, -0.25) is 0 Å². The molecule has 1 aromatic rings. The highest BCUT2D eigenvalue weighted by Gasteiger charge is 2.42. The second-order valence-electron chi connectivity index (χ2n) is 5.44. The summed E-state index contributed by atoms with van der Waals surface area (Å²) in [6.07, 6.45) is 3.81. The van der Waals surface area contributed by atoms with Gasteiger partial charge in [0.25, 0.3) is 0 Å². The number of aromatic hydroxyl groups is 1. The first kappa shape index (κ1) is 11.8. The predicted molar refractivity (Wildman–Crippen MR) is 71.4 cm³/mol. The quantitative estimate of drug-likeness (QED) is 0.841. The van der Waals surface area contributed by atoms with E-state index in [1.807, 2.05) is 6.07 Å². The van der Waals surface area contributed by atoms with E-state index in [0.29, 0.717) is 5.75 Å². The van der Waals surface area contributed by atoms with Crippen molar-refractivity contribution in [2.45, 2.75) is 45.1 Å². The van der Waals surface area contributed by atoms with Crippen molar-refractivity contribution < 1.29 is 9.84 Å². The molecule has 1 spiro atoms. The van der Waals surface area contributed by atoms with E-state index in [9.17, 15) is 5.11 Å². The maximum Gasteiger partial charge on any atom is 0.134 e. The maximum absolute atomic E-state index is 10.3. The van der Waals surface area contributed by atoms with Gasteiger partial charge in [-0.05, 0) is 37.3 Å². The van der Waals surface area contributed by atoms with Crippen LogP contribution in [0.5, 0.6) is 11.5 Å². The lowest BCUT2D eigenvalue weighted by Crippen LogP contribution is -2.64. The molecular formula is C15H21NO2. The molecule has 98 valence electrons. The first-order valence-corrected chi connectivity index (χ1v) is 6.95. The Labute approximate surface area is 108 Å². The third-order valence-electron chi connectivity index (χ3n) is 4.34. The molecule has 0 saturated carbocycles. The van der Waals surface area contributed by atoms with Gasteiger partial charge in [0.05, 0.1) is 0 Å². The molecule has 3 rings (SSSR count). The van der Waals surface area contributed by atoms with Gasteiger partial charge in [0, 0.05) is 24.2 Å². The van der Waals surface area contributed by atoms with Crippen molar-refractivity contribution >= 4 is 0 Å². The van der Waals surface area contributed by atoms with E-state index in [1.54, 1.807) is 0 Å². The summed E-state index contributed by atoms with van der Waals surface area (Å²) in [5.41, 5.74) is 3.35. The van der Waals surface area contributed by atoms with Gasteiger partial charge in [0.15, 0.2) is 0 Å². The van der Waals surface area contributed by atoms with E-state index in [2.05, 4.69) is 19.2 Å². The molecule has 2 N–H and O–H groups in total. The minimum atomic E-state index is 0.0278. The highest BCUT2D eigenvalue weighted by atomic mass is 16.5. The highest BCUT2D eigenvalue weighted by Crippen LogP contribution is 2.42. The number of benzene rings is 1. The second kappa shape index (κ2) is 4.16. The van der Waals surface area contributed by atoms with Crippen molar-refractivity contribution in [1.82, 2.24) is 5.32 Å². The van der Waals surface area contributed by atoms with Crippen molar-refractivity contribution in [2.75, 3.05) is 13.1 Å². The lowest BCUT2D eigenvalue weighted by Gasteiger charge is -2.46. The number of fused-ring (bicyclic) bond motifs is 1. The highest BCUT2D eigenvalue weighted by molar-refractivity contribution is 5.54. The largest absolute Gasteiger partial charge is 0.507 e. The zero-order valence-corrected chi connectivity index (χ0v) is 11.2. The van der Waals surface area contributed by atoms with Gasteiger partial charge in [0.1, 0.15) is 17.1 Å². The molecule has 18 heavy (non-hydrogen) atoms. The number of phenolic OH excluding ortho intramolecular Hbond substituents is 1. The van der Waals surface area contributed by atoms with Crippen LogP contribution >= 0.6 is 0 Å². The molecule has 2 aliphatic rings.